The van der Waals surface area contributed by atoms with Gasteiger partial charge in [0.25, 0.3) is 5.91 Å². The van der Waals surface area contributed by atoms with Gasteiger partial charge in [-0.25, -0.2) is 5.43 Å². The van der Waals surface area contributed by atoms with E-state index in [9.17, 15) is 4.79 Å². The SMILES string of the molecule is CC(C)(C)c1ccc(/C=N/NC(=O)C(c2ccccc2)c2ccccc2)cc1. The van der Waals surface area contributed by atoms with Crippen molar-refractivity contribution >= 4 is 12.1 Å². The number of amides is 1. The second-order valence-corrected chi connectivity index (χ2v) is 7.86. The maximum Gasteiger partial charge on any atom is 0.252 e. The molecule has 0 radical (unpaired) electrons. The Morgan fingerprint density at radius 1 is 0.821 bits per heavy atom. The van der Waals surface area contributed by atoms with Crippen LogP contribution >= 0.6 is 0 Å². The van der Waals surface area contributed by atoms with Crippen LogP contribution in [-0.4, -0.2) is 12.1 Å². The molecule has 0 aliphatic heterocycles. The molecule has 1 N–H and O–H groups in total. The van der Waals surface area contributed by atoms with E-state index in [0.29, 0.717) is 0 Å². The summed E-state index contributed by atoms with van der Waals surface area (Å²) in [5.74, 6) is -0.553. The van der Waals surface area contributed by atoms with Gasteiger partial charge < -0.3 is 0 Å². The highest BCUT2D eigenvalue weighted by molar-refractivity contribution is 5.88. The van der Waals surface area contributed by atoms with E-state index < -0.39 is 5.92 Å². The minimum absolute atomic E-state index is 0.114. The molecular weight excluding hydrogens is 344 g/mol. The maximum atomic E-state index is 12.9. The molecule has 3 aromatic carbocycles. The normalized spacial score (nSPS) is 11.7. The van der Waals surface area contributed by atoms with Gasteiger partial charge in [-0.3, -0.25) is 4.79 Å². The second-order valence-electron chi connectivity index (χ2n) is 7.86. The maximum absolute atomic E-state index is 12.9. The molecule has 142 valence electrons. The summed E-state index contributed by atoms with van der Waals surface area (Å²) in [6.45, 7) is 6.55. The lowest BCUT2D eigenvalue weighted by atomic mass is 9.87. The molecular formula is C25H26N2O. The van der Waals surface area contributed by atoms with Crippen LogP contribution in [-0.2, 0) is 10.2 Å². The van der Waals surface area contributed by atoms with Crippen molar-refractivity contribution in [1.82, 2.24) is 5.43 Å². The van der Waals surface area contributed by atoms with Crippen LogP contribution < -0.4 is 5.43 Å². The standard InChI is InChI=1S/C25H26N2O/c1-25(2,3)22-16-14-19(15-17-22)18-26-27-24(28)23(20-10-6-4-7-11-20)21-12-8-5-9-13-21/h4-18,23H,1-3H3,(H,27,28)/b26-18+. The molecule has 0 bridgehead atoms. The van der Waals surface area contributed by atoms with Gasteiger partial charge in [-0.15, -0.1) is 0 Å². The summed E-state index contributed by atoms with van der Waals surface area (Å²) in [6.07, 6.45) is 1.68. The van der Waals surface area contributed by atoms with E-state index in [1.165, 1.54) is 5.56 Å². The third kappa shape index (κ3) is 4.95. The predicted molar refractivity (Wildman–Crippen MR) is 116 cm³/mol. The van der Waals surface area contributed by atoms with Gasteiger partial charge in [-0.1, -0.05) is 106 Å². The molecule has 0 atom stereocenters. The van der Waals surface area contributed by atoms with Crippen molar-refractivity contribution in [2.45, 2.75) is 32.1 Å². The molecule has 3 nitrogen and oxygen atoms in total. The number of carbonyl (C=O) groups is 1. The first-order valence-corrected chi connectivity index (χ1v) is 9.48. The summed E-state index contributed by atoms with van der Waals surface area (Å²) in [5.41, 5.74) is 6.91. The highest BCUT2D eigenvalue weighted by Gasteiger charge is 2.22. The number of benzene rings is 3. The smallest absolute Gasteiger partial charge is 0.252 e. The van der Waals surface area contributed by atoms with Crippen LogP contribution in [0.5, 0.6) is 0 Å². The Labute approximate surface area is 167 Å². The molecule has 0 saturated heterocycles. The number of hydrogen-bond acceptors (Lipinski definition) is 2. The van der Waals surface area contributed by atoms with Gasteiger partial charge in [0.15, 0.2) is 0 Å². The Bertz CT molecular complexity index is 884. The van der Waals surface area contributed by atoms with Crippen LogP contribution in [0, 0.1) is 0 Å². The van der Waals surface area contributed by atoms with Crippen molar-refractivity contribution in [3.63, 3.8) is 0 Å². The van der Waals surface area contributed by atoms with Crippen LogP contribution in [0.3, 0.4) is 0 Å². The quantitative estimate of drug-likeness (QED) is 0.483. The van der Waals surface area contributed by atoms with Crippen molar-refractivity contribution in [2.75, 3.05) is 0 Å². The first-order valence-electron chi connectivity index (χ1n) is 9.48. The monoisotopic (exact) mass is 370 g/mol. The number of rotatable bonds is 5. The lowest BCUT2D eigenvalue weighted by Gasteiger charge is -2.18. The topological polar surface area (TPSA) is 41.5 Å². The van der Waals surface area contributed by atoms with Crippen LogP contribution in [0.1, 0.15) is 48.9 Å². The molecule has 0 aromatic heterocycles. The molecule has 0 fully saturated rings. The second kappa shape index (κ2) is 8.66. The Hall–Kier alpha value is -3.20. The van der Waals surface area contributed by atoms with Gasteiger partial charge in [-0.2, -0.15) is 5.10 Å². The van der Waals surface area contributed by atoms with Crippen LogP contribution in [0.25, 0.3) is 0 Å². The molecule has 1 amide bonds. The Kier molecular flexibility index (Phi) is 6.05. The number of nitrogens with one attached hydrogen (secondary N) is 1. The summed E-state index contributed by atoms with van der Waals surface area (Å²) >= 11 is 0. The Balaban J connectivity index is 1.75. The van der Waals surface area contributed by atoms with Gasteiger partial charge in [-0.05, 0) is 27.7 Å². The first kappa shape index (κ1) is 19.6. The lowest BCUT2D eigenvalue weighted by molar-refractivity contribution is -0.121. The van der Waals surface area contributed by atoms with Crippen molar-refractivity contribution in [1.29, 1.82) is 0 Å². The van der Waals surface area contributed by atoms with E-state index in [2.05, 4.69) is 43.4 Å². The number of hydrogen-bond donors (Lipinski definition) is 1. The van der Waals surface area contributed by atoms with E-state index in [4.69, 9.17) is 0 Å². The summed E-state index contributed by atoms with van der Waals surface area (Å²) in [5, 5.41) is 4.18. The molecule has 0 aliphatic carbocycles. The Morgan fingerprint density at radius 2 is 1.32 bits per heavy atom. The van der Waals surface area contributed by atoms with E-state index in [1.54, 1.807) is 6.21 Å². The molecule has 0 unspecified atom stereocenters. The summed E-state index contributed by atoms with van der Waals surface area (Å²) in [6, 6.07) is 27.8. The van der Waals surface area contributed by atoms with Gasteiger partial charge in [0, 0.05) is 0 Å². The van der Waals surface area contributed by atoms with Gasteiger partial charge in [0.1, 0.15) is 0 Å². The lowest BCUT2D eigenvalue weighted by Crippen LogP contribution is -2.26. The molecule has 0 spiro atoms. The highest BCUT2D eigenvalue weighted by Crippen LogP contribution is 2.25. The zero-order chi connectivity index (χ0) is 20.0. The van der Waals surface area contributed by atoms with Gasteiger partial charge >= 0.3 is 0 Å². The first-order chi connectivity index (χ1) is 13.4. The molecule has 0 heterocycles. The predicted octanol–water partition coefficient (Wildman–Crippen LogP) is 5.27. The zero-order valence-corrected chi connectivity index (χ0v) is 16.6. The minimum atomic E-state index is -0.400. The van der Waals surface area contributed by atoms with Gasteiger partial charge in [0.05, 0.1) is 12.1 Å². The molecule has 3 rings (SSSR count). The van der Waals surface area contributed by atoms with Gasteiger partial charge in [0.2, 0.25) is 0 Å². The van der Waals surface area contributed by atoms with Crippen LogP contribution in [0.4, 0.5) is 0 Å². The highest BCUT2D eigenvalue weighted by atomic mass is 16.2. The fraction of sp³-hybridized carbons (Fsp3) is 0.200. The fourth-order valence-corrected chi connectivity index (χ4v) is 3.09. The third-order valence-electron chi connectivity index (χ3n) is 4.69. The molecule has 3 heteroatoms. The van der Waals surface area contributed by atoms with E-state index in [-0.39, 0.29) is 11.3 Å². The van der Waals surface area contributed by atoms with Crippen molar-refractivity contribution in [3.05, 3.63) is 107 Å². The summed E-state index contributed by atoms with van der Waals surface area (Å²) in [7, 11) is 0. The van der Waals surface area contributed by atoms with E-state index in [0.717, 1.165) is 16.7 Å². The Morgan fingerprint density at radius 3 is 1.79 bits per heavy atom. The molecule has 0 aliphatic rings. The number of hydrazone groups is 1. The molecule has 28 heavy (non-hydrogen) atoms. The van der Waals surface area contributed by atoms with Crippen molar-refractivity contribution < 1.29 is 4.79 Å². The minimum Gasteiger partial charge on any atom is -0.272 e. The van der Waals surface area contributed by atoms with Crippen LogP contribution in [0.15, 0.2) is 90.0 Å². The third-order valence-corrected chi connectivity index (χ3v) is 4.69. The molecule has 0 saturated carbocycles. The average molecular weight is 370 g/mol. The van der Waals surface area contributed by atoms with E-state index >= 15 is 0 Å². The zero-order valence-electron chi connectivity index (χ0n) is 16.6. The number of carbonyl (C=O) groups excluding carboxylic acids is 1. The summed E-state index contributed by atoms with van der Waals surface area (Å²) in [4.78, 5) is 12.9. The van der Waals surface area contributed by atoms with E-state index in [1.807, 2.05) is 72.8 Å². The summed E-state index contributed by atoms with van der Waals surface area (Å²) < 4.78 is 0. The average Bonchev–Trinajstić information content (AvgIpc) is 2.70. The molecule has 3 aromatic rings. The van der Waals surface area contributed by atoms with Crippen molar-refractivity contribution in [3.8, 4) is 0 Å². The number of nitrogens with zero attached hydrogens (tertiary/aromatic N) is 1. The van der Waals surface area contributed by atoms with Crippen LogP contribution in [0.2, 0.25) is 0 Å². The largest absolute Gasteiger partial charge is 0.272 e. The fourth-order valence-electron chi connectivity index (χ4n) is 3.09. The van der Waals surface area contributed by atoms with Crippen molar-refractivity contribution in [2.24, 2.45) is 5.10 Å².